The molecule has 0 amide bonds. The first kappa shape index (κ1) is 76.8. The number of hydrogen-bond donors (Lipinski definition) is 3. The Hall–Kier alpha value is -12.8. The summed E-state index contributed by atoms with van der Waals surface area (Å²) in [6.07, 6.45) is 17.5. The van der Waals surface area contributed by atoms with Crippen LogP contribution < -0.4 is 20.2 Å². The molecule has 1 spiro atoms. The molecule has 2 aromatic heterocycles. The molecule has 5 heterocycles. The number of phenols is 2. The predicted octanol–water partition coefficient (Wildman–Crippen LogP) is 19.6. The van der Waals surface area contributed by atoms with Crippen molar-refractivity contribution in [3.8, 4) is 90.0 Å². The van der Waals surface area contributed by atoms with Gasteiger partial charge < -0.3 is 20.4 Å². The fourth-order valence-electron chi connectivity index (χ4n) is 16.2. The van der Waals surface area contributed by atoms with E-state index in [4.69, 9.17) is 15.0 Å². The Kier molecular flexibility index (Phi) is 22.0. The van der Waals surface area contributed by atoms with Crippen LogP contribution in [0, 0.1) is 0 Å². The number of phenolic OH excluding ortho intramolecular Hbond substituents is 2. The zero-order valence-corrected chi connectivity index (χ0v) is 68.7. The first-order chi connectivity index (χ1) is 56.7. The van der Waals surface area contributed by atoms with Crippen molar-refractivity contribution >= 4 is 98.2 Å². The van der Waals surface area contributed by atoms with Crippen LogP contribution in [0.3, 0.4) is 0 Å². The van der Waals surface area contributed by atoms with Crippen LogP contribution in [0.4, 0.5) is 5.69 Å². The van der Waals surface area contributed by atoms with Gasteiger partial charge in [-0.25, -0.2) is 19.9 Å². The van der Waals surface area contributed by atoms with E-state index in [1.54, 1.807) is 47.0 Å². The molecule has 4 aliphatic carbocycles. The number of aliphatic imine (C=N–C) groups is 2. The van der Waals surface area contributed by atoms with E-state index in [1.165, 1.54) is 50.1 Å². The Bertz CT molecular complexity index is 6480. The topological polar surface area (TPSA) is 178 Å². The Balaban J connectivity index is 0.000000112. The number of aromatic nitrogens is 4. The zero-order chi connectivity index (χ0) is 77.4. The Morgan fingerprint density at radius 2 is 0.795 bits per heavy atom. The summed E-state index contributed by atoms with van der Waals surface area (Å²) in [7, 11) is 0. The van der Waals surface area contributed by atoms with E-state index in [-0.39, 0.29) is 53.2 Å². The van der Waals surface area contributed by atoms with Gasteiger partial charge in [-0.3, -0.25) is 9.98 Å². The molecule has 554 valence electrons. The average molecular weight is 1620 g/mol. The van der Waals surface area contributed by atoms with Crippen molar-refractivity contribution in [2.75, 3.05) is 0 Å². The molecular formula is C101H71BeN7O4S3Zn+2. The number of thiazole rings is 1. The predicted molar refractivity (Wildman–Crippen MR) is 473 cm³/mol. The molecule has 14 aromatic carbocycles. The van der Waals surface area contributed by atoms with E-state index < -0.39 is 5.41 Å². The van der Waals surface area contributed by atoms with Crippen molar-refractivity contribution < 1.29 is 49.9 Å². The summed E-state index contributed by atoms with van der Waals surface area (Å²) in [5, 5.41) is 51.9. The maximum Gasteiger partial charge on any atom is 2.00 e. The molecule has 7 aliphatic rings. The van der Waals surface area contributed by atoms with Gasteiger partial charge in [0.2, 0.25) is 11.2 Å². The second-order valence-electron chi connectivity index (χ2n) is 28.6. The van der Waals surface area contributed by atoms with Crippen LogP contribution in [0.25, 0.3) is 98.7 Å². The summed E-state index contributed by atoms with van der Waals surface area (Å²) in [4.78, 5) is 31.0. The van der Waals surface area contributed by atoms with E-state index in [0.29, 0.717) is 39.5 Å². The fourth-order valence-corrected chi connectivity index (χ4v) is 19.7. The second kappa shape index (κ2) is 33.5. The number of H-pyrrole nitrogens is 1. The summed E-state index contributed by atoms with van der Waals surface area (Å²) in [6, 6.07) is 108. The molecule has 0 bridgehead atoms. The summed E-state index contributed by atoms with van der Waals surface area (Å²) in [5.41, 5.74) is 20.5. The smallest absolute Gasteiger partial charge is 0.871 e. The van der Waals surface area contributed by atoms with E-state index in [0.717, 1.165) is 104 Å². The van der Waals surface area contributed by atoms with Crippen LogP contribution in [-0.2, 0) is 31.3 Å². The molecule has 16 aromatic rings. The SMILES string of the molecule is Oc1ccccc1C1=NC2C=CC=CC2S1.Oc1ccccc1C1=NC2C=CC=CC2S1.[Be+2].[O-]c1c(-c2[nH+]c3ccccc3s2)ccc2ccccc12.[O-]c1c(C2=[NH+]c3ccccc3C2)ccc2ccccc12.[Zn].c1ccc(-c2nc(-c3ccccc3)nc(-c3ccc4c(c3)C3(c5ccccc5-c5ccccc53)c3ccccc3-4)n2)cc1. The molecule has 0 saturated heterocycles. The largest absolute Gasteiger partial charge is 2.00 e. The summed E-state index contributed by atoms with van der Waals surface area (Å²) in [6.45, 7) is 0. The molecule has 16 heteroatoms. The van der Waals surface area contributed by atoms with Crippen LogP contribution in [0.5, 0.6) is 23.0 Å². The van der Waals surface area contributed by atoms with E-state index in [2.05, 4.69) is 184 Å². The van der Waals surface area contributed by atoms with Crippen molar-refractivity contribution in [3.05, 3.63) is 415 Å². The van der Waals surface area contributed by atoms with Crippen LogP contribution in [0.15, 0.2) is 380 Å². The number of nitrogens with one attached hydrogen (secondary N) is 2. The Morgan fingerprint density at radius 3 is 1.32 bits per heavy atom. The first-order valence-corrected chi connectivity index (χ1v) is 40.8. The van der Waals surface area contributed by atoms with Crippen molar-refractivity contribution in [1.29, 1.82) is 0 Å². The number of aromatic hydroxyl groups is 2. The van der Waals surface area contributed by atoms with Gasteiger partial charge in [0.15, 0.2) is 23.2 Å². The molecule has 23 rings (SSSR count). The van der Waals surface area contributed by atoms with Gasteiger partial charge in [0.25, 0.3) is 5.01 Å². The molecule has 3 aliphatic heterocycles. The van der Waals surface area contributed by atoms with Crippen molar-refractivity contribution in [3.63, 3.8) is 0 Å². The molecule has 4 atom stereocenters. The molecular weight excluding hydrogens is 1550 g/mol. The number of hydrogen-bond acceptors (Lipinski definition) is 12. The van der Waals surface area contributed by atoms with Crippen molar-refractivity contribution in [1.82, 2.24) is 15.0 Å². The van der Waals surface area contributed by atoms with Gasteiger partial charge in [-0.15, -0.1) is 0 Å². The third-order valence-corrected chi connectivity index (χ3v) is 25.3. The van der Waals surface area contributed by atoms with E-state index >= 15 is 0 Å². The van der Waals surface area contributed by atoms with Crippen LogP contribution in [0.1, 0.15) is 44.5 Å². The normalized spacial score (nSPS) is 16.4. The molecule has 0 radical (unpaired) electrons. The number of nitrogens with zero attached hydrogens (tertiary/aromatic N) is 5. The Labute approximate surface area is 706 Å². The summed E-state index contributed by atoms with van der Waals surface area (Å²) < 4.78 is 1.16. The monoisotopic (exact) mass is 1610 g/mol. The summed E-state index contributed by atoms with van der Waals surface area (Å²) in [5.74, 6) is 2.81. The number of thioether (sulfide) groups is 2. The minimum Gasteiger partial charge on any atom is -0.871 e. The maximum atomic E-state index is 12.6. The minimum absolute atomic E-state index is 0. The molecule has 117 heavy (non-hydrogen) atoms. The van der Waals surface area contributed by atoms with E-state index in [9.17, 15) is 20.4 Å². The van der Waals surface area contributed by atoms with Gasteiger partial charge in [-0.1, -0.05) is 356 Å². The molecule has 4 unspecified atom stereocenters. The van der Waals surface area contributed by atoms with Gasteiger partial charge in [-0.05, 0) is 115 Å². The van der Waals surface area contributed by atoms with Gasteiger partial charge in [-0.2, -0.15) is 4.98 Å². The van der Waals surface area contributed by atoms with Crippen molar-refractivity contribution in [2.24, 2.45) is 9.98 Å². The third kappa shape index (κ3) is 14.8. The standard InChI is InChI=1S/C40H25N3.C18H13NO.C17H11NOS.2C13H11NOS.Be.Zn/c1-3-13-26(14-4-1)37-41-38(27-15-5-2-6-16-27)43-39(42-37)28-23-24-32-31-19-9-12-22-35(31)40(36(32)25-28)33-20-10-7-17-29(33)30-18-8-11-21-34(30)40;20-18-14-7-3-1-5-12(14)9-10-15(18)17-11-13-6-2-4-8-16(13)19-17;19-16-12-6-2-1-5-11(12)9-10-13(16)17-18-14-7-3-4-8-15(14)20-17;2*15-11-7-3-1-5-9(11)13-14-10-6-2-4-8-12(10)16-13;;/h1-25H;1-10,20H,11H2;1-10,19H;2*1-8,10,12,15H;;/q;;;;;+2;. The van der Waals surface area contributed by atoms with Gasteiger partial charge in [0.05, 0.1) is 40.0 Å². The first-order valence-electron chi connectivity index (χ1n) is 38.2. The molecule has 0 saturated carbocycles. The van der Waals surface area contributed by atoms with Crippen LogP contribution in [0.2, 0.25) is 0 Å². The number of benzene rings is 14. The molecule has 4 N–H and O–H groups in total. The average Bonchev–Trinajstić information content (AvgIpc) is 1.51. The number of rotatable bonds is 7. The Morgan fingerprint density at radius 1 is 0.376 bits per heavy atom. The minimum atomic E-state index is -0.410. The third-order valence-electron chi connectivity index (χ3n) is 21.7. The fraction of sp³-hybridized carbons (Fsp3) is 0.0594. The number of allylic oxidation sites excluding steroid dienone is 4. The number of para-hydroxylation sites is 4. The summed E-state index contributed by atoms with van der Waals surface area (Å²) >= 11 is 5.05. The van der Waals surface area contributed by atoms with Crippen LogP contribution >= 0.6 is 34.9 Å². The van der Waals surface area contributed by atoms with Gasteiger partial charge >= 0.3 is 10.1 Å². The van der Waals surface area contributed by atoms with Crippen LogP contribution in [-0.4, -0.2) is 73.7 Å². The van der Waals surface area contributed by atoms with Crippen molar-refractivity contribution in [2.45, 2.75) is 34.4 Å². The zero-order valence-electron chi connectivity index (χ0n) is 63.3. The van der Waals surface area contributed by atoms with E-state index in [1.807, 2.05) is 194 Å². The second-order valence-corrected chi connectivity index (χ2v) is 32.0. The number of aromatic amines is 1. The van der Waals surface area contributed by atoms with Gasteiger partial charge in [0.1, 0.15) is 26.3 Å². The quantitative estimate of drug-likeness (QED) is 0.131. The number of fused-ring (bicyclic) bond motifs is 16. The molecule has 11 nitrogen and oxygen atoms in total. The van der Waals surface area contributed by atoms with Gasteiger partial charge in [0, 0.05) is 70.6 Å². The molecule has 0 fully saturated rings. The maximum absolute atomic E-state index is 12.6.